The van der Waals surface area contributed by atoms with E-state index in [0.717, 1.165) is 22.0 Å². The summed E-state index contributed by atoms with van der Waals surface area (Å²) in [7, 11) is 0. The van der Waals surface area contributed by atoms with Crippen LogP contribution in [0.25, 0.3) is 10.9 Å². The number of ether oxygens (including phenoxy) is 1. The molecule has 4 aromatic carbocycles. The van der Waals surface area contributed by atoms with Crippen LogP contribution in [0, 0.1) is 0 Å². The predicted molar refractivity (Wildman–Crippen MR) is 179 cm³/mol. The molecule has 0 fully saturated rings. The minimum Gasteiger partial charge on any atom is -0.481 e. The molecule has 5 aromatic rings. The summed E-state index contributed by atoms with van der Waals surface area (Å²) in [6, 6.07) is 32.0. The average molecular weight is 603 g/mol. The highest BCUT2D eigenvalue weighted by molar-refractivity contribution is 6.14. The highest BCUT2D eigenvalue weighted by atomic mass is 16.5. The Balaban J connectivity index is 1.42. The SMILES string of the molecule is CC(C)(C)c1ccc(C(Oc2ccc(C(=O)c3nn(CCCC(=O)O)c4ccccc34)cc2)c2ccc(C(C)(C)C)cc2)cc1. The molecule has 6 nitrogen and oxygen atoms in total. The number of ketones is 1. The number of hydrogen-bond donors (Lipinski definition) is 1. The summed E-state index contributed by atoms with van der Waals surface area (Å²) in [5, 5.41) is 14.4. The number of rotatable bonds is 10. The van der Waals surface area contributed by atoms with Crippen molar-refractivity contribution in [1.82, 2.24) is 9.78 Å². The number of nitrogens with zero attached hydrogens (tertiary/aromatic N) is 2. The Morgan fingerprint density at radius 2 is 1.29 bits per heavy atom. The molecular formula is C39H42N2O4. The van der Waals surface area contributed by atoms with E-state index in [1.54, 1.807) is 16.8 Å². The summed E-state index contributed by atoms with van der Waals surface area (Å²) < 4.78 is 8.36. The summed E-state index contributed by atoms with van der Waals surface area (Å²) in [4.78, 5) is 24.7. The quantitative estimate of drug-likeness (QED) is 0.161. The molecule has 0 aliphatic heterocycles. The molecule has 0 saturated carbocycles. The lowest BCUT2D eigenvalue weighted by molar-refractivity contribution is -0.137. The summed E-state index contributed by atoms with van der Waals surface area (Å²) in [5.74, 6) is -0.390. The Morgan fingerprint density at radius 1 is 0.756 bits per heavy atom. The number of carbonyl (C=O) groups is 2. The van der Waals surface area contributed by atoms with Crippen LogP contribution in [-0.4, -0.2) is 26.6 Å². The van der Waals surface area contributed by atoms with E-state index in [4.69, 9.17) is 9.84 Å². The van der Waals surface area contributed by atoms with Crippen molar-refractivity contribution in [2.24, 2.45) is 0 Å². The van der Waals surface area contributed by atoms with Gasteiger partial charge in [-0.1, -0.05) is 108 Å². The Hall–Kier alpha value is -4.71. The molecule has 0 radical (unpaired) electrons. The molecule has 232 valence electrons. The molecule has 1 aromatic heterocycles. The van der Waals surface area contributed by atoms with Gasteiger partial charge >= 0.3 is 5.97 Å². The normalized spacial score (nSPS) is 12.1. The van der Waals surface area contributed by atoms with Gasteiger partial charge in [-0.25, -0.2) is 0 Å². The zero-order valence-electron chi connectivity index (χ0n) is 27.0. The van der Waals surface area contributed by atoms with Crippen molar-refractivity contribution in [3.8, 4) is 5.75 Å². The van der Waals surface area contributed by atoms with E-state index in [-0.39, 0.29) is 29.1 Å². The highest BCUT2D eigenvalue weighted by Crippen LogP contribution is 2.33. The van der Waals surface area contributed by atoms with Crippen LogP contribution in [0.4, 0.5) is 0 Å². The average Bonchev–Trinajstić information content (AvgIpc) is 3.37. The van der Waals surface area contributed by atoms with Gasteiger partial charge in [-0.3, -0.25) is 14.3 Å². The predicted octanol–water partition coefficient (Wildman–Crippen LogP) is 8.90. The van der Waals surface area contributed by atoms with Gasteiger partial charge in [0.1, 0.15) is 17.5 Å². The molecule has 1 heterocycles. The molecule has 0 atom stereocenters. The molecule has 0 saturated heterocycles. The van der Waals surface area contributed by atoms with E-state index >= 15 is 0 Å². The van der Waals surface area contributed by atoms with E-state index in [0.29, 0.717) is 30.0 Å². The van der Waals surface area contributed by atoms with Crippen LogP contribution >= 0.6 is 0 Å². The summed E-state index contributed by atoms with van der Waals surface area (Å²) in [5.41, 5.74) is 6.37. The van der Waals surface area contributed by atoms with Crippen LogP contribution in [-0.2, 0) is 22.2 Å². The first kappa shape index (κ1) is 31.7. The van der Waals surface area contributed by atoms with Gasteiger partial charge < -0.3 is 9.84 Å². The Kier molecular flexibility index (Phi) is 8.96. The van der Waals surface area contributed by atoms with Gasteiger partial charge in [0, 0.05) is 23.9 Å². The highest BCUT2D eigenvalue weighted by Gasteiger charge is 2.22. The second-order valence-corrected chi connectivity index (χ2v) is 13.7. The number of benzene rings is 4. The Bertz CT molecular complexity index is 1730. The standard InChI is InChI=1S/C39H42N2O4/c1-38(2,3)29-19-13-27(14-20-29)37(28-15-21-30(22-16-28)39(4,5)6)45-31-23-17-26(18-24-31)36(44)35-32-10-7-8-11-33(32)41(40-35)25-9-12-34(42)43/h7-8,10-11,13-24,37H,9,12,25H2,1-6H3,(H,42,43). The number of carboxylic acids is 1. The second-order valence-electron chi connectivity index (χ2n) is 13.7. The smallest absolute Gasteiger partial charge is 0.303 e. The summed E-state index contributed by atoms with van der Waals surface area (Å²) >= 11 is 0. The minimum absolute atomic E-state index is 0.0430. The van der Waals surface area contributed by atoms with Gasteiger partial charge in [0.05, 0.1) is 5.52 Å². The van der Waals surface area contributed by atoms with E-state index in [1.165, 1.54) is 11.1 Å². The lowest BCUT2D eigenvalue weighted by Crippen LogP contribution is -2.14. The van der Waals surface area contributed by atoms with E-state index in [1.807, 2.05) is 36.4 Å². The molecule has 1 N–H and O–H groups in total. The molecule has 0 aliphatic carbocycles. The fourth-order valence-corrected chi connectivity index (χ4v) is 5.45. The fraction of sp³-hybridized carbons (Fsp3) is 0.308. The van der Waals surface area contributed by atoms with E-state index < -0.39 is 5.97 Å². The van der Waals surface area contributed by atoms with Gasteiger partial charge in [-0.2, -0.15) is 5.10 Å². The maximum Gasteiger partial charge on any atom is 0.303 e. The number of hydrogen-bond acceptors (Lipinski definition) is 4. The monoisotopic (exact) mass is 602 g/mol. The molecule has 0 unspecified atom stereocenters. The molecule has 5 rings (SSSR count). The first-order chi connectivity index (χ1) is 21.3. The first-order valence-corrected chi connectivity index (χ1v) is 15.5. The second kappa shape index (κ2) is 12.7. The maximum atomic E-state index is 13.6. The van der Waals surface area contributed by atoms with Crippen molar-refractivity contribution in [1.29, 1.82) is 0 Å². The van der Waals surface area contributed by atoms with Crippen LogP contribution in [0.1, 0.15) is 98.8 Å². The van der Waals surface area contributed by atoms with Gasteiger partial charge in [0.15, 0.2) is 0 Å². The summed E-state index contributed by atoms with van der Waals surface area (Å²) in [6.07, 6.45) is 0.140. The number of aromatic nitrogens is 2. The molecule has 0 aliphatic rings. The van der Waals surface area contributed by atoms with Gasteiger partial charge in [-0.15, -0.1) is 0 Å². The maximum absolute atomic E-state index is 13.6. The third-order valence-corrected chi connectivity index (χ3v) is 8.16. The Morgan fingerprint density at radius 3 is 1.80 bits per heavy atom. The van der Waals surface area contributed by atoms with Crippen molar-refractivity contribution in [3.05, 3.63) is 131 Å². The van der Waals surface area contributed by atoms with Crippen molar-refractivity contribution in [2.45, 2.75) is 77.9 Å². The molecular weight excluding hydrogens is 560 g/mol. The summed E-state index contributed by atoms with van der Waals surface area (Å²) in [6.45, 7) is 13.6. The minimum atomic E-state index is -0.851. The number of para-hydroxylation sites is 1. The van der Waals surface area contributed by atoms with Crippen LogP contribution in [0.3, 0.4) is 0 Å². The van der Waals surface area contributed by atoms with Crippen molar-refractivity contribution in [3.63, 3.8) is 0 Å². The molecule has 0 amide bonds. The molecule has 6 heteroatoms. The lowest BCUT2D eigenvalue weighted by atomic mass is 9.85. The number of fused-ring (bicyclic) bond motifs is 1. The van der Waals surface area contributed by atoms with Crippen LogP contribution < -0.4 is 4.74 Å². The van der Waals surface area contributed by atoms with Crippen LogP contribution in [0.5, 0.6) is 5.75 Å². The molecule has 0 bridgehead atoms. The molecule has 45 heavy (non-hydrogen) atoms. The zero-order chi connectivity index (χ0) is 32.4. The zero-order valence-corrected chi connectivity index (χ0v) is 27.0. The fourth-order valence-electron chi connectivity index (χ4n) is 5.45. The first-order valence-electron chi connectivity index (χ1n) is 15.5. The van der Waals surface area contributed by atoms with E-state index in [9.17, 15) is 9.59 Å². The topological polar surface area (TPSA) is 81.4 Å². The van der Waals surface area contributed by atoms with Crippen molar-refractivity contribution < 1.29 is 19.4 Å². The largest absolute Gasteiger partial charge is 0.481 e. The Labute approximate surface area is 265 Å². The van der Waals surface area contributed by atoms with Crippen LogP contribution in [0.15, 0.2) is 97.1 Å². The van der Waals surface area contributed by atoms with Gasteiger partial charge in [0.25, 0.3) is 0 Å². The van der Waals surface area contributed by atoms with Gasteiger partial charge in [0.2, 0.25) is 5.78 Å². The molecule has 0 spiro atoms. The third-order valence-electron chi connectivity index (χ3n) is 8.16. The van der Waals surface area contributed by atoms with Crippen molar-refractivity contribution in [2.75, 3.05) is 0 Å². The number of carbonyl (C=O) groups excluding carboxylic acids is 1. The van der Waals surface area contributed by atoms with Crippen LogP contribution in [0.2, 0.25) is 0 Å². The number of aliphatic carboxylic acids is 1. The van der Waals surface area contributed by atoms with Crippen molar-refractivity contribution >= 4 is 22.7 Å². The van der Waals surface area contributed by atoms with E-state index in [2.05, 4.69) is 95.2 Å². The number of carboxylic acid groups (broad SMARTS) is 1. The third kappa shape index (κ3) is 7.34. The lowest BCUT2D eigenvalue weighted by Gasteiger charge is -2.24. The van der Waals surface area contributed by atoms with Gasteiger partial charge in [-0.05, 0) is 69.8 Å². The number of aryl methyl sites for hydroxylation is 1.